The Balaban J connectivity index is 3.11. The van der Waals surface area contributed by atoms with Gasteiger partial charge in [-0.1, -0.05) is 0 Å². The summed E-state index contributed by atoms with van der Waals surface area (Å²) >= 11 is 0. The van der Waals surface area contributed by atoms with Gasteiger partial charge in [-0.3, -0.25) is 0 Å². The monoisotopic (exact) mass is 230 g/mol. The van der Waals surface area contributed by atoms with Crippen LogP contribution in [-0.4, -0.2) is 24.1 Å². The summed E-state index contributed by atoms with van der Waals surface area (Å²) < 4.78 is 71.4. The van der Waals surface area contributed by atoms with Crippen molar-refractivity contribution in [2.75, 3.05) is 0 Å². The van der Waals surface area contributed by atoms with Crippen molar-refractivity contribution < 1.29 is 31.1 Å². The van der Waals surface area contributed by atoms with Crippen molar-refractivity contribution in [3.05, 3.63) is 11.8 Å². The molecule has 0 aromatic carbocycles. The molecule has 0 aromatic heterocycles. The zero-order chi connectivity index (χ0) is 11.9. The van der Waals surface area contributed by atoms with Crippen LogP contribution in [0, 0.1) is 6.08 Å². The predicted molar refractivity (Wildman–Crippen MR) is 33.8 cm³/mol. The van der Waals surface area contributed by atoms with Crippen molar-refractivity contribution in [3.8, 4) is 0 Å². The van der Waals surface area contributed by atoms with Gasteiger partial charge in [0.25, 0.3) is 0 Å². The molecule has 0 N–H and O–H groups in total. The fourth-order valence-corrected chi connectivity index (χ4v) is 0.653. The number of amides is 2. The van der Waals surface area contributed by atoms with E-state index < -0.39 is 29.8 Å². The van der Waals surface area contributed by atoms with Gasteiger partial charge in [-0.15, -0.1) is 0 Å². The molecule has 0 fully saturated rings. The minimum absolute atomic E-state index is 0.893. The van der Waals surface area contributed by atoms with Gasteiger partial charge in [0.2, 0.25) is 0 Å². The number of carbonyl (C=O) groups is 1. The molecule has 1 aliphatic heterocycles. The lowest BCUT2D eigenvalue weighted by Crippen LogP contribution is -2.34. The molecule has 1 rings (SSSR count). The molecule has 1 heterocycles. The van der Waals surface area contributed by atoms with Crippen LogP contribution >= 0.6 is 0 Å². The van der Waals surface area contributed by atoms with E-state index in [1.54, 1.807) is 0 Å². The van der Waals surface area contributed by atoms with Gasteiger partial charge in [0, 0.05) is 6.08 Å². The Kier molecular flexibility index (Phi) is 2.49. The minimum atomic E-state index is -5.16. The SMILES string of the molecule is O=C1[N]C(C(F)(F)F)=[C]C(C(F)(F)F)=N1. The number of allylic oxidation sites excluding steroid dienone is 2. The zero-order valence-corrected chi connectivity index (χ0v) is 6.57. The van der Waals surface area contributed by atoms with Gasteiger partial charge in [-0.25, -0.2) is 4.79 Å². The van der Waals surface area contributed by atoms with Gasteiger partial charge in [0.15, 0.2) is 11.4 Å². The van der Waals surface area contributed by atoms with E-state index in [9.17, 15) is 31.1 Å². The maximum Gasteiger partial charge on any atom is 0.434 e. The van der Waals surface area contributed by atoms with Gasteiger partial charge in [0.1, 0.15) is 0 Å². The average Bonchev–Trinajstić information content (AvgIpc) is 1.99. The third kappa shape index (κ3) is 2.70. The highest BCUT2D eigenvalue weighted by atomic mass is 19.4. The largest absolute Gasteiger partial charge is 0.434 e. The summed E-state index contributed by atoms with van der Waals surface area (Å²) in [5.41, 5.74) is -4.07. The number of hydrogen-bond donors (Lipinski definition) is 0. The van der Waals surface area contributed by atoms with Crippen LogP contribution < -0.4 is 5.32 Å². The van der Waals surface area contributed by atoms with Crippen LogP contribution in [0.1, 0.15) is 0 Å². The summed E-state index contributed by atoms with van der Waals surface area (Å²) in [6.07, 6.45) is -9.44. The first kappa shape index (κ1) is 11.5. The molecule has 0 aliphatic carbocycles. The first-order valence-electron chi connectivity index (χ1n) is 3.23. The molecule has 0 unspecified atom stereocenters. The molecule has 0 saturated carbocycles. The second kappa shape index (κ2) is 3.24. The molecule has 2 amide bonds. The molecule has 9 heteroatoms. The van der Waals surface area contributed by atoms with Crippen LogP contribution in [0.4, 0.5) is 31.1 Å². The molecule has 0 atom stereocenters. The minimum Gasteiger partial charge on any atom is -0.244 e. The molecule has 15 heavy (non-hydrogen) atoms. The highest BCUT2D eigenvalue weighted by Crippen LogP contribution is 2.28. The zero-order valence-electron chi connectivity index (χ0n) is 6.57. The van der Waals surface area contributed by atoms with E-state index in [1.165, 1.54) is 0 Å². The van der Waals surface area contributed by atoms with Gasteiger partial charge in [-0.05, 0) is 0 Å². The smallest absolute Gasteiger partial charge is 0.244 e. The maximum atomic E-state index is 11.9. The van der Waals surface area contributed by atoms with Crippen molar-refractivity contribution in [2.24, 2.45) is 4.99 Å². The predicted octanol–water partition coefficient (Wildman–Crippen LogP) is 1.98. The quantitative estimate of drug-likeness (QED) is 0.586. The number of alkyl halides is 6. The van der Waals surface area contributed by atoms with Crippen molar-refractivity contribution in [3.63, 3.8) is 0 Å². The number of rotatable bonds is 0. The van der Waals surface area contributed by atoms with Crippen molar-refractivity contribution in [2.45, 2.75) is 12.4 Å². The molecule has 0 bridgehead atoms. The number of aliphatic imine (C=N–C) groups is 1. The normalized spacial score (nSPS) is 18.1. The van der Waals surface area contributed by atoms with E-state index in [1.807, 2.05) is 0 Å². The Hall–Kier alpha value is -1.54. The van der Waals surface area contributed by atoms with E-state index in [2.05, 4.69) is 10.3 Å². The van der Waals surface area contributed by atoms with Gasteiger partial charge in [0.05, 0.1) is 0 Å². The molecule has 2 radical (unpaired) electrons. The summed E-state index contributed by atoms with van der Waals surface area (Å²) in [5.74, 6) is 0. The van der Waals surface area contributed by atoms with Crippen molar-refractivity contribution in [1.29, 1.82) is 0 Å². The lowest BCUT2D eigenvalue weighted by Gasteiger charge is -2.14. The van der Waals surface area contributed by atoms with Crippen LogP contribution in [0.25, 0.3) is 0 Å². The number of urea groups is 1. The standard InChI is InChI=1S/C6F6N2O/c7-5(8,9)2-1-3(6(10,11)12)14-4(15)13-2. The Labute approximate surface area is 78.5 Å². The van der Waals surface area contributed by atoms with Crippen molar-refractivity contribution in [1.82, 2.24) is 5.32 Å². The van der Waals surface area contributed by atoms with Crippen LogP contribution in [0.3, 0.4) is 0 Å². The number of halogens is 6. The van der Waals surface area contributed by atoms with Crippen LogP contribution in [0.5, 0.6) is 0 Å². The summed E-state index contributed by atoms with van der Waals surface area (Å²) in [6, 6.07) is -1.85. The first-order valence-corrected chi connectivity index (χ1v) is 3.23. The van der Waals surface area contributed by atoms with Crippen LogP contribution in [-0.2, 0) is 0 Å². The Morgan fingerprint density at radius 3 is 1.93 bits per heavy atom. The van der Waals surface area contributed by atoms with Crippen LogP contribution in [0.2, 0.25) is 0 Å². The summed E-state index contributed by atoms with van der Waals surface area (Å²) in [6.45, 7) is 0. The molecule has 82 valence electrons. The Bertz CT molecular complexity index is 350. The Morgan fingerprint density at radius 2 is 1.53 bits per heavy atom. The lowest BCUT2D eigenvalue weighted by atomic mass is 10.2. The highest BCUT2D eigenvalue weighted by molar-refractivity contribution is 6.05. The number of nitrogens with zero attached hydrogens (tertiary/aromatic N) is 2. The van der Waals surface area contributed by atoms with Crippen LogP contribution in [0.15, 0.2) is 10.7 Å². The highest BCUT2D eigenvalue weighted by Gasteiger charge is 2.44. The molecule has 1 aliphatic rings. The molecular formula is C6F6N2O. The molecule has 0 spiro atoms. The average molecular weight is 230 g/mol. The fraction of sp³-hybridized carbons (Fsp3) is 0.333. The van der Waals surface area contributed by atoms with Gasteiger partial charge >= 0.3 is 18.4 Å². The summed E-state index contributed by atoms with van der Waals surface area (Å²) in [5, 5.41) is 2.27. The van der Waals surface area contributed by atoms with E-state index >= 15 is 0 Å². The van der Waals surface area contributed by atoms with Gasteiger partial charge < -0.3 is 0 Å². The molecule has 0 aromatic rings. The third-order valence-corrected chi connectivity index (χ3v) is 1.19. The van der Waals surface area contributed by atoms with Gasteiger partial charge in [-0.2, -0.15) is 36.7 Å². The summed E-state index contributed by atoms with van der Waals surface area (Å²) in [4.78, 5) is 12.6. The van der Waals surface area contributed by atoms with E-state index in [0.717, 1.165) is 6.08 Å². The maximum absolute atomic E-state index is 11.9. The second-order valence-corrected chi connectivity index (χ2v) is 2.32. The third-order valence-electron chi connectivity index (χ3n) is 1.19. The molecular weight excluding hydrogens is 230 g/mol. The molecule has 3 nitrogen and oxygen atoms in total. The van der Waals surface area contributed by atoms with Crippen molar-refractivity contribution >= 4 is 11.7 Å². The van der Waals surface area contributed by atoms with E-state index in [-0.39, 0.29) is 0 Å². The van der Waals surface area contributed by atoms with E-state index in [4.69, 9.17) is 0 Å². The van der Waals surface area contributed by atoms with E-state index in [0.29, 0.717) is 0 Å². The second-order valence-electron chi connectivity index (χ2n) is 2.32. The summed E-state index contributed by atoms with van der Waals surface area (Å²) in [7, 11) is 0. The first-order chi connectivity index (χ1) is 6.60. The Morgan fingerprint density at radius 1 is 1.00 bits per heavy atom. The number of hydrogen-bond acceptors (Lipinski definition) is 1. The fourth-order valence-electron chi connectivity index (χ4n) is 0.653. The molecule has 0 saturated heterocycles. The number of carbonyl (C=O) groups excluding carboxylic acids is 1. The lowest BCUT2D eigenvalue weighted by molar-refractivity contribution is -0.0968. The topological polar surface area (TPSA) is 43.5 Å².